The van der Waals surface area contributed by atoms with E-state index in [1.54, 1.807) is 11.8 Å². The van der Waals surface area contributed by atoms with Crippen molar-refractivity contribution in [2.45, 2.75) is 32.2 Å². The molecular formula is C19H19F2N5O7. The number of halogens is 2. The number of anilines is 3. The summed E-state index contributed by atoms with van der Waals surface area (Å²) in [6, 6.07) is 3.87. The fourth-order valence-electron chi connectivity index (χ4n) is 3.50. The van der Waals surface area contributed by atoms with Crippen molar-refractivity contribution in [1.29, 1.82) is 0 Å². The van der Waals surface area contributed by atoms with Crippen molar-refractivity contribution < 1.29 is 37.4 Å². The van der Waals surface area contributed by atoms with Gasteiger partial charge in [0.25, 0.3) is 0 Å². The molecule has 0 spiro atoms. The molecule has 1 aromatic heterocycles. The molecule has 0 unspecified atom stereocenters. The minimum Gasteiger partial charge on any atom is -0.435 e. The van der Waals surface area contributed by atoms with Gasteiger partial charge in [0.15, 0.2) is 11.5 Å². The van der Waals surface area contributed by atoms with E-state index in [-0.39, 0.29) is 47.2 Å². The van der Waals surface area contributed by atoms with Crippen molar-refractivity contribution in [1.82, 2.24) is 9.97 Å². The maximum absolute atomic E-state index is 13.2. The summed E-state index contributed by atoms with van der Waals surface area (Å²) >= 11 is 0. The van der Waals surface area contributed by atoms with Crippen LogP contribution in [0.3, 0.4) is 0 Å². The number of aromatic nitrogens is 2. The van der Waals surface area contributed by atoms with Crippen LogP contribution in [0.2, 0.25) is 0 Å². The van der Waals surface area contributed by atoms with Crippen LogP contribution in [0, 0.1) is 10.1 Å². The number of nitrogens with zero attached hydrogens (tertiary/aromatic N) is 4. The molecule has 14 heteroatoms. The van der Waals surface area contributed by atoms with Gasteiger partial charge in [0.2, 0.25) is 11.6 Å². The number of nitro groups is 1. The van der Waals surface area contributed by atoms with E-state index in [0.29, 0.717) is 25.9 Å². The van der Waals surface area contributed by atoms with Crippen molar-refractivity contribution in [3.63, 3.8) is 0 Å². The van der Waals surface area contributed by atoms with Crippen LogP contribution in [0.4, 0.5) is 36.6 Å². The summed E-state index contributed by atoms with van der Waals surface area (Å²) in [6.45, 7) is 2.57. The highest BCUT2D eigenvalue weighted by Gasteiger charge is 2.43. The largest absolute Gasteiger partial charge is 0.586 e. The summed E-state index contributed by atoms with van der Waals surface area (Å²) in [5.41, 5.74) is -0.158. The zero-order valence-electron chi connectivity index (χ0n) is 17.3. The Balaban J connectivity index is 1.51. The third kappa shape index (κ3) is 4.94. The monoisotopic (exact) mass is 467 g/mol. The average Bonchev–Trinajstić information content (AvgIpc) is 3.07. The van der Waals surface area contributed by atoms with Gasteiger partial charge in [-0.1, -0.05) is 0 Å². The Hall–Kier alpha value is -3.97. The molecule has 0 radical (unpaired) electrons. The van der Waals surface area contributed by atoms with Crippen LogP contribution >= 0.6 is 0 Å². The number of nitrogens with one attached hydrogen (secondary N) is 1. The Kier molecular flexibility index (Phi) is 5.98. The zero-order valence-corrected chi connectivity index (χ0v) is 17.3. The Morgan fingerprint density at radius 3 is 2.73 bits per heavy atom. The van der Waals surface area contributed by atoms with E-state index in [0.717, 1.165) is 6.33 Å². The number of hydrogen-bond acceptors (Lipinski definition) is 11. The summed E-state index contributed by atoms with van der Waals surface area (Å²) in [6.07, 6.45) is -2.88. The SMILES string of the molecule is CCOC(=O)OC1CCN(c2ncnc(Nc3ccc4c(c3)OC(F)(F)O4)c2[N+](=O)[O-])CC1. The lowest BCUT2D eigenvalue weighted by atomic mass is 10.1. The number of ether oxygens (including phenoxy) is 4. The second-order valence-electron chi connectivity index (χ2n) is 7.09. The minimum atomic E-state index is -3.78. The van der Waals surface area contributed by atoms with E-state index in [1.807, 2.05) is 0 Å². The van der Waals surface area contributed by atoms with Gasteiger partial charge in [-0.15, -0.1) is 8.78 Å². The molecule has 176 valence electrons. The fraction of sp³-hybridized carbons (Fsp3) is 0.421. The Labute approximate surface area is 185 Å². The molecule has 0 saturated carbocycles. The van der Waals surface area contributed by atoms with Crippen molar-refractivity contribution in [2.24, 2.45) is 0 Å². The van der Waals surface area contributed by atoms with Gasteiger partial charge in [0.05, 0.1) is 11.5 Å². The number of alkyl halides is 2. The molecule has 4 rings (SSSR count). The molecule has 1 saturated heterocycles. The lowest BCUT2D eigenvalue weighted by molar-refractivity contribution is -0.383. The molecule has 0 bridgehead atoms. The van der Waals surface area contributed by atoms with E-state index in [2.05, 4.69) is 24.8 Å². The van der Waals surface area contributed by atoms with Gasteiger partial charge in [-0.3, -0.25) is 10.1 Å². The van der Waals surface area contributed by atoms with E-state index < -0.39 is 17.4 Å². The molecule has 2 aromatic rings. The highest BCUT2D eigenvalue weighted by molar-refractivity contribution is 5.75. The molecule has 2 aliphatic rings. The van der Waals surface area contributed by atoms with Crippen LogP contribution in [0.1, 0.15) is 19.8 Å². The smallest absolute Gasteiger partial charge is 0.435 e. The molecule has 0 amide bonds. The van der Waals surface area contributed by atoms with Gasteiger partial charge in [-0.05, 0) is 19.1 Å². The van der Waals surface area contributed by atoms with E-state index in [9.17, 15) is 23.7 Å². The first-order valence-corrected chi connectivity index (χ1v) is 10.0. The molecule has 33 heavy (non-hydrogen) atoms. The third-order valence-electron chi connectivity index (χ3n) is 4.92. The topological polar surface area (TPSA) is 138 Å². The maximum atomic E-state index is 13.2. The van der Waals surface area contributed by atoms with Crippen LogP contribution in [-0.2, 0) is 9.47 Å². The van der Waals surface area contributed by atoms with Crippen LogP contribution in [-0.4, -0.2) is 53.1 Å². The average molecular weight is 467 g/mol. The Morgan fingerprint density at radius 2 is 2.03 bits per heavy atom. The number of carbonyl (C=O) groups is 1. The normalized spacial score (nSPS) is 16.9. The molecule has 2 aliphatic heterocycles. The van der Waals surface area contributed by atoms with E-state index in [4.69, 9.17) is 9.47 Å². The number of rotatable bonds is 6. The number of hydrogen-bond donors (Lipinski definition) is 1. The first-order valence-electron chi connectivity index (χ1n) is 10.0. The predicted molar refractivity (Wildman–Crippen MR) is 108 cm³/mol. The van der Waals surface area contributed by atoms with E-state index >= 15 is 0 Å². The highest BCUT2D eigenvalue weighted by Crippen LogP contribution is 2.43. The van der Waals surface area contributed by atoms with Crippen molar-refractivity contribution in [3.05, 3.63) is 34.6 Å². The maximum Gasteiger partial charge on any atom is 0.586 e. The second kappa shape index (κ2) is 8.88. The van der Waals surface area contributed by atoms with E-state index in [1.165, 1.54) is 18.2 Å². The van der Waals surface area contributed by atoms with Crippen molar-refractivity contribution in [3.8, 4) is 11.5 Å². The summed E-state index contributed by atoms with van der Waals surface area (Å²) < 4.78 is 45.2. The van der Waals surface area contributed by atoms with Gasteiger partial charge in [0.1, 0.15) is 12.4 Å². The zero-order chi connectivity index (χ0) is 23.6. The molecule has 1 fully saturated rings. The third-order valence-corrected chi connectivity index (χ3v) is 4.92. The first-order chi connectivity index (χ1) is 15.8. The number of piperidine rings is 1. The van der Waals surface area contributed by atoms with Crippen LogP contribution < -0.4 is 19.7 Å². The van der Waals surface area contributed by atoms with Gasteiger partial charge in [-0.25, -0.2) is 14.8 Å². The van der Waals surface area contributed by atoms with Gasteiger partial charge < -0.3 is 29.2 Å². The van der Waals surface area contributed by atoms with Crippen molar-refractivity contribution >= 4 is 29.2 Å². The Bertz CT molecular complexity index is 1060. The van der Waals surface area contributed by atoms with Gasteiger partial charge >= 0.3 is 18.1 Å². The number of carbonyl (C=O) groups excluding carboxylic acids is 1. The second-order valence-corrected chi connectivity index (χ2v) is 7.09. The summed E-state index contributed by atoms with van der Waals surface area (Å²) in [4.78, 5) is 32.4. The van der Waals surface area contributed by atoms with Gasteiger partial charge in [-0.2, -0.15) is 0 Å². The molecule has 1 N–H and O–H groups in total. The molecule has 1 aromatic carbocycles. The fourth-order valence-corrected chi connectivity index (χ4v) is 3.50. The lowest BCUT2D eigenvalue weighted by Crippen LogP contribution is -2.38. The van der Waals surface area contributed by atoms with Gasteiger partial charge in [0, 0.05) is 37.7 Å². The molecule has 0 atom stereocenters. The predicted octanol–water partition coefficient (Wildman–Crippen LogP) is 3.59. The summed E-state index contributed by atoms with van der Waals surface area (Å²) in [7, 11) is 0. The van der Waals surface area contributed by atoms with Crippen LogP contribution in [0.15, 0.2) is 24.5 Å². The van der Waals surface area contributed by atoms with Crippen LogP contribution in [0.25, 0.3) is 0 Å². The summed E-state index contributed by atoms with van der Waals surface area (Å²) in [5.74, 6) is -0.415. The highest BCUT2D eigenvalue weighted by atomic mass is 19.3. The Morgan fingerprint density at radius 1 is 1.30 bits per heavy atom. The quantitative estimate of drug-likeness (QED) is 0.379. The minimum absolute atomic E-state index is 0.0827. The molecular weight excluding hydrogens is 448 g/mol. The van der Waals surface area contributed by atoms with Crippen LogP contribution in [0.5, 0.6) is 11.5 Å². The molecule has 12 nitrogen and oxygen atoms in total. The number of benzene rings is 1. The standard InChI is InChI=1S/C19H19F2N5O7/c1-2-30-18(27)31-12-5-7-25(8-6-12)17-15(26(28)29)16(22-10-23-17)24-11-3-4-13-14(9-11)33-19(20,21)32-13/h3-4,9-10,12H,2,5-8H2,1H3,(H,22,23,24). The first kappa shape index (κ1) is 22.2. The molecule has 3 heterocycles. The summed E-state index contributed by atoms with van der Waals surface area (Å²) in [5, 5.41) is 14.6. The molecule has 0 aliphatic carbocycles. The number of fused-ring (bicyclic) bond motifs is 1. The lowest BCUT2D eigenvalue weighted by Gasteiger charge is -2.31. The van der Waals surface area contributed by atoms with Crippen molar-refractivity contribution in [2.75, 3.05) is 29.9 Å².